The molecule has 0 radical (unpaired) electrons. The van der Waals surface area contributed by atoms with E-state index in [9.17, 15) is 22.8 Å². The highest BCUT2D eigenvalue weighted by atomic mass is 19.4. The summed E-state index contributed by atoms with van der Waals surface area (Å²) in [7, 11) is 1.80. The molecule has 1 unspecified atom stereocenters. The second-order valence-corrected chi connectivity index (χ2v) is 6.65. The molecule has 25 heavy (non-hydrogen) atoms. The predicted molar refractivity (Wildman–Crippen MR) is 90.3 cm³/mol. The van der Waals surface area contributed by atoms with Crippen LogP contribution in [0.3, 0.4) is 0 Å². The zero-order valence-corrected chi connectivity index (χ0v) is 15.1. The molecule has 0 aliphatic heterocycles. The molecule has 142 valence electrons. The maximum atomic E-state index is 13.3. The lowest BCUT2D eigenvalue weighted by atomic mass is 10.0. The number of nitrogens with two attached hydrogens (primary N) is 1. The second kappa shape index (κ2) is 8.51. The Balaban J connectivity index is 3.40. The number of hydrogen-bond acceptors (Lipinski definition) is 3. The first-order chi connectivity index (χ1) is 11.5. The third-order valence-corrected chi connectivity index (χ3v) is 4.13. The Hall–Kier alpha value is -1.83. The fourth-order valence-corrected chi connectivity index (χ4v) is 2.58. The lowest BCUT2D eigenvalue weighted by molar-refractivity contribution is -0.138. The van der Waals surface area contributed by atoms with Gasteiger partial charge in [-0.25, -0.2) is 0 Å². The zero-order valence-electron chi connectivity index (χ0n) is 15.1. The number of likely N-dealkylation sites (N-methyl/N-ethyl adjacent to an activating group) is 1. The molecule has 1 heterocycles. The molecule has 1 amide bonds. The van der Waals surface area contributed by atoms with Crippen LogP contribution in [0.4, 0.5) is 13.2 Å². The molecule has 0 spiro atoms. The highest BCUT2D eigenvalue weighted by Crippen LogP contribution is 2.32. The molecule has 0 aromatic carbocycles. The SMILES string of the molecule is CCN(C)CCc1cn(C(CC(C)C)C(N)=O)c(=O)cc1C(F)(F)F. The number of carbonyl (C=O) groups is 1. The van der Waals surface area contributed by atoms with Crippen molar-refractivity contribution < 1.29 is 18.0 Å². The first-order valence-corrected chi connectivity index (χ1v) is 8.27. The summed E-state index contributed by atoms with van der Waals surface area (Å²) in [5, 5.41) is 0. The van der Waals surface area contributed by atoms with Gasteiger partial charge in [0, 0.05) is 18.8 Å². The van der Waals surface area contributed by atoms with Gasteiger partial charge < -0.3 is 15.2 Å². The molecular weight excluding hydrogens is 335 g/mol. The van der Waals surface area contributed by atoms with Crippen LogP contribution in [0.5, 0.6) is 0 Å². The van der Waals surface area contributed by atoms with Crippen molar-refractivity contribution in [1.29, 1.82) is 0 Å². The van der Waals surface area contributed by atoms with Crippen LogP contribution < -0.4 is 11.3 Å². The average molecular weight is 361 g/mol. The van der Waals surface area contributed by atoms with Gasteiger partial charge in [0.05, 0.1) is 5.56 Å². The molecule has 8 heteroatoms. The van der Waals surface area contributed by atoms with Gasteiger partial charge in [0.25, 0.3) is 5.56 Å². The minimum Gasteiger partial charge on any atom is -0.368 e. The average Bonchev–Trinajstić information content (AvgIpc) is 2.49. The van der Waals surface area contributed by atoms with Crippen LogP contribution in [0.1, 0.15) is 44.4 Å². The van der Waals surface area contributed by atoms with Crippen molar-refractivity contribution >= 4 is 5.91 Å². The standard InChI is InChI=1S/C17H26F3N3O2/c1-5-22(4)7-6-12-10-23(14(16(21)25)8-11(2)3)15(24)9-13(12)17(18,19)20/h9-11,14H,5-8H2,1-4H3,(H2,21,25). The first-order valence-electron chi connectivity index (χ1n) is 8.27. The Morgan fingerprint density at radius 2 is 1.96 bits per heavy atom. The Bertz CT molecular complexity index is 654. The molecule has 1 aromatic heterocycles. The first kappa shape index (κ1) is 21.2. The minimum absolute atomic E-state index is 0.0117. The monoisotopic (exact) mass is 361 g/mol. The lowest BCUT2D eigenvalue weighted by Crippen LogP contribution is -2.36. The van der Waals surface area contributed by atoms with Gasteiger partial charge >= 0.3 is 6.18 Å². The number of rotatable bonds is 8. The van der Waals surface area contributed by atoms with E-state index in [1.54, 1.807) is 7.05 Å². The Labute approximate surface area is 145 Å². The minimum atomic E-state index is -4.63. The predicted octanol–water partition coefficient (Wildman–Crippen LogP) is 2.43. The second-order valence-electron chi connectivity index (χ2n) is 6.65. The van der Waals surface area contributed by atoms with Crippen molar-refractivity contribution in [3.8, 4) is 0 Å². The van der Waals surface area contributed by atoms with Crippen LogP contribution >= 0.6 is 0 Å². The topological polar surface area (TPSA) is 68.3 Å². The summed E-state index contributed by atoms with van der Waals surface area (Å²) in [6, 6.07) is -0.394. The molecule has 1 atom stereocenters. The van der Waals surface area contributed by atoms with Gasteiger partial charge in [0.2, 0.25) is 5.91 Å². The van der Waals surface area contributed by atoms with Crippen LogP contribution in [-0.2, 0) is 17.4 Å². The van der Waals surface area contributed by atoms with E-state index < -0.39 is 29.2 Å². The van der Waals surface area contributed by atoms with Gasteiger partial charge in [-0.1, -0.05) is 20.8 Å². The number of pyridine rings is 1. The largest absolute Gasteiger partial charge is 0.416 e. The maximum Gasteiger partial charge on any atom is 0.416 e. The zero-order chi connectivity index (χ0) is 19.4. The van der Waals surface area contributed by atoms with Gasteiger partial charge in [-0.05, 0) is 37.9 Å². The third kappa shape index (κ3) is 5.88. The molecule has 0 saturated carbocycles. The van der Waals surface area contributed by atoms with Crippen LogP contribution in [0.2, 0.25) is 0 Å². The summed E-state index contributed by atoms with van der Waals surface area (Å²) in [6.07, 6.45) is -3.08. The van der Waals surface area contributed by atoms with E-state index >= 15 is 0 Å². The van der Waals surface area contributed by atoms with Crippen LogP contribution in [0.15, 0.2) is 17.1 Å². The Kier molecular flexibility index (Phi) is 7.22. The van der Waals surface area contributed by atoms with Gasteiger partial charge in [0.1, 0.15) is 6.04 Å². The quantitative estimate of drug-likeness (QED) is 0.773. The normalized spacial score (nSPS) is 13.5. The number of hydrogen-bond donors (Lipinski definition) is 1. The molecule has 2 N–H and O–H groups in total. The summed E-state index contributed by atoms with van der Waals surface area (Å²) in [6.45, 7) is 6.70. The fourth-order valence-electron chi connectivity index (χ4n) is 2.58. The molecule has 0 fully saturated rings. The molecule has 0 aliphatic rings. The van der Waals surface area contributed by atoms with Gasteiger partial charge in [-0.3, -0.25) is 9.59 Å². The molecule has 1 rings (SSSR count). The maximum absolute atomic E-state index is 13.3. The number of alkyl halides is 3. The molecule has 0 aliphatic carbocycles. The van der Waals surface area contributed by atoms with E-state index in [1.807, 2.05) is 25.7 Å². The summed E-state index contributed by atoms with van der Waals surface area (Å²) in [4.78, 5) is 25.8. The van der Waals surface area contributed by atoms with Crippen molar-refractivity contribution in [2.75, 3.05) is 20.1 Å². The molecule has 1 aromatic rings. The van der Waals surface area contributed by atoms with Gasteiger partial charge in [-0.15, -0.1) is 0 Å². The van der Waals surface area contributed by atoms with E-state index in [1.165, 1.54) is 0 Å². The summed E-state index contributed by atoms with van der Waals surface area (Å²) >= 11 is 0. The highest BCUT2D eigenvalue weighted by molar-refractivity contribution is 5.78. The van der Waals surface area contributed by atoms with E-state index in [0.717, 1.165) is 10.8 Å². The summed E-state index contributed by atoms with van der Waals surface area (Å²) in [5.74, 6) is -0.673. The molecular formula is C17H26F3N3O2. The van der Waals surface area contributed by atoms with Crippen molar-refractivity contribution in [3.63, 3.8) is 0 Å². The lowest BCUT2D eigenvalue weighted by Gasteiger charge is -2.22. The number of halogens is 3. The number of primary amides is 1. The number of amides is 1. The van der Waals surface area contributed by atoms with Crippen molar-refractivity contribution in [1.82, 2.24) is 9.47 Å². The van der Waals surface area contributed by atoms with Gasteiger partial charge in [-0.2, -0.15) is 13.2 Å². The molecule has 0 saturated heterocycles. The van der Waals surface area contributed by atoms with Crippen LogP contribution in [-0.4, -0.2) is 35.5 Å². The Morgan fingerprint density at radius 1 is 1.36 bits per heavy atom. The summed E-state index contributed by atoms with van der Waals surface area (Å²) in [5.41, 5.74) is 3.54. The van der Waals surface area contributed by atoms with Gasteiger partial charge in [0.15, 0.2) is 0 Å². The number of aromatic nitrogens is 1. The van der Waals surface area contributed by atoms with Crippen molar-refractivity contribution in [2.24, 2.45) is 11.7 Å². The highest BCUT2D eigenvalue weighted by Gasteiger charge is 2.35. The van der Waals surface area contributed by atoms with Crippen LogP contribution in [0.25, 0.3) is 0 Å². The van der Waals surface area contributed by atoms with Crippen molar-refractivity contribution in [2.45, 2.75) is 45.8 Å². The van der Waals surface area contributed by atoms with Crippen molar-refractivity contribution in [3.05, 3.63) is 33.7 Å². The Morgan fingerprint density at radius 3 is 2.40 bits per heavy atom. The molecule has 0 bridgehead atoms. The van der Waals surface area contributed by atoms with E-state index in [4.69, 9.17) is 5.73 Å². The fraction of sp³-hybridized carbons (Fsp3) is 0.647. The van der Waals surface area contributed by atoms with E-state index in [0.29, 0.717) is 19.2 Å². The number of carbonyl (C=O) groups excluding carboxylic acids is 1. The summed E-state index contributed by atoms with van der Waals surface area (Å²) < 4.78 is 40.9. The number of nitrogens with zero attached hydrogens (tertiary/aromatic N) is 2. The van der Waals surface area contributed by atoms with E-state index in [-0.39, 0.29) is 24.3 Å². The smallest absolute Gasteiger partial charge is 0.368 e. The third-order valence-electron chi connectivity index (χ3n) is 4.13. The van der Waals surface area contributed by atoms with Crippen LogP contribution in [0, 0.1) is 5.92 Å². The van der Waals surface area contributed by atoms with E-state index in [2.05, 4.69) is 0 Å². The molecule has 5 nitrogen and oxygen atoms in total.